The van der Waals surface area contributed by atoms with Crippen LogP contribution in [0.1, 0.15) is 42.9 Å². The number of benzene rings is 1. The standard InChI is InChI=1S/C22H26N2O3/c1-17(2)20-7-4-18(5-8-20)6-9-21(25)24(15-12-22(26)27-3)16-19-10-13-23-14-11-19/h4-11,13-14,17H,12,15-16H2,1-3H3/b9-6+. The molecule has 0 radical (unpaired) electrons. The molecule has 0 N–H and O–H groups in total. The number of rotatable bonds is 8. The van der Waals surface area contributed by atoms with Crippen LogP contribution in [0, 0.1) is 0 Å². The Bertz CT molecular complexity index is 768. The molecule has 0 atom stereocenters. The van der Waals surface area contributed by atoms with E-state index in [-0.39, 0.29) is 18.3 Å². The molecule has 1 amide bonds. The number of methoxy groups -OCH3 is 1. The minimum absolute atomic E-state index is 0.149. The highest BCUT2D eigenvalue weighted by Crippen LogP contribution is 2.15. The van der Waals surface area contributed by atoms with Crippen molar-refractivity contribution in [3.05, 3.63) is 71.6 Å². The van der Waals surface area contributed by atoms with Crippen LogP contribution >= 0.6 is 0 Å². The summed E-state index contributed by atoms with van der Waals surface area (Å²) in [5.41, 5.74) is 3.18. The van der Waals surface area contributed by atoms with Crippen molar-refractivity contribution in [3.63, 3.8) is 0 Å². The molecule has 2 rings (SSSR count). The van der Waals surface area contributed by atoms with Gasteiger partial charge in [-0.3, -0.25) is 14.6 Å². The molecule has 0 fully saturated rings. The Morgan fingerprint density at radius 3 is 2.37 bits per heavy atom. The van der Waals surface area contributed by atoms with Gasteiger partial charge in [0.1, 0.15) is 0 Å². The van der Waals surface area contributed by atoms with Gasteiger partial charge in [-0.2, -0.15) is 0 Å². The van der Waals surface area contributed by atoms with Crippen molar-refractivity contribution in [1.82, 2.24) is 9.88 Å². The van der Waals surface area contributed by atoms with Gasteiger partial charge < -0.3 is 9.64 Å². The van der Waals surface area contributed by atoms with Crippen molar-refractivity contribution in [2.24, 2.45) is 0 Å². The first-order valence-corrected chi connectivity index (χ1v) is 9.02. The van der Waals surface area contributed by atoms with Crippen LogP contribution in [-0.4, -0.2) is 35.4 Å². The Labute approximate surface area is 160 Å². The van der Waals surface area contributed by atoms with Crippen LogP contribution in [0.15, 0.2) is 54.9 Å². The minimum Gasteiger partial charge on any atom is -0.469 e. The van der Waals surface area contributed by atoms with Gasteiger partial charge in [-0.25, -0.2) is 0 Å². The lowest BCUT2D eigenvalue weighted by molar-refractivity contribution is -0.141. The minimum atomic E-state index is -0.337. The van der Waals surface area contributed by atoms with Crippen LogP contribution in [0.4, 0.5) is 0 Å². The second-order valence-corrected chi connectivity index (χ2v) is 6.60. The topological polar surface area (TPSA) is 59.5 Å². The number of ether oxygens (including phenoxy) is 1. The first kappa shape index (κ1) is 20.4. The van der Waals surface area contributed by atoms with Gasteiger partial charge in [0.05, 0.1) is 13.5 Å². The zero-order valence-corrected chi connectivity index (χ0v) is 16.1. The second kappa shape index (κ2) is 10.3. The van der Waals surface area contributed by atoms with Crippen LogP contribution in [-0.2, 0) is 20.9 Å². The summed E-state index contributed by atoms with van der Waals surface area (Å²) < 4.78 is 4.69. The summed E-state index contributed by atoms with van der Waals surface area (Å²) in [6, 6.07) is 11.8. The van der Waals surface area contributed by atoms with Crippen molar-refractivity contribution in [3.8, 4) is 0 Å². The largest absolute Gasteiger partial charge is 0.469 e. The number of hydrogen-bond acceptors (Lipinski definition) is 4. The quantitative estimate of drug-likeness (QED) is 0.526. The maximum atomic E-state index is 12.7. The molecular formula is C22H26N2O3. The fourth-order valence-electron chi connectivity index (χ4n) is 2.57. The molecule has 0 spiro atoms. The van der Waals surface area contributed by atoms with E-state index < -0.39 is 0 Å². The van der Waals surface area contributed by atoms with Crippen LogP contribution in [0.25, 0.3) is 6.08 Å². The van der Waals surface area contributed by atoms with E-state index in [2.05, 4.69) is 35.7 Å². The van der Waals surface area contributed by atoms with Crippen LogP contribution in [0.3, 0.4) is 0 Å². The van der Waals surface area contributed by atoms with Gasteiger partial charge in [0, 0.05) is 31.6 Å². The Balaban J connectivity index is 2.07. The van der Waals surface area contributed by atoms with E-state index >= 15 is 0 Å². The fraction of sp³-hybridized carbons (Fsp3) is 0.318. The first-order chi connectivity index (χ1) is 13.0. The molecule has 5 heteroatoms. The lowest BCUT2D eigenvalue weighted by Gasteiger charge is -2.21. The average molecular weight is 366 g/mol. The Morgan fingerprint density at radius 1 is 1.11 bits per heavy atom. The van der Waals surface area contributed by atoms with E-state index in [0.29, 0.717) is 19.0 Å². The molecule has 0 aliphatic carbocycles. The van der Waals surface area contributed by atoms with Crippen molar-refractivity contribution in [2.45, 2.75) is 32.7 Å². The maximum absolute atomic E-state index is 12.7. The lowest BCUT2D eigenvalue weighted by atomic mass is 10.0. The summed E-state index contributed by atoms with van der Waals surface area (Å²) in [4.78, 5) is 29.8. The average Bonchev–Trinajstić information content (AvgIpc) is 2.70. The number of pyridine rings is 1. The smallest absolute Gasteiger partial charge is 0.307 e. The lowest BCUT2D eigenvalue weighted by Crippen LogP contribution is -2.31. The van der Waals surface area contributed by atoms with Gasteiger partial charge >= 0.3 is 5.97 Å². The highest BCUT2D eigenvalue weighted by Gasteiger charge is 2.13. The van der Waals surface area contributed by atoms with Gasteiger partial charge in [-0.05, 0) is 40.8 Å². The SMILES string of the molecule is COC(=O)CCN(Cc1ccncc1)C(=O)/C=C/c1ccc(C(C)C)cc1. The van der Waals surface area contributed by atoms with E-state index in [4.69, 9.17) is 0 Å². The third kappa shape index (κ3) is 6.70. The predicted octanol–water partition coefficient (Wildman–Crippen LogP) is 3.81. The molecule has 0 unspecified atom stereocenters. The number of aromatic nitrogens is 1. The Morgan fingerprint density at radius 2 is 1.78 bits per heavy atom. The predicted molar refractivity (Wildman–Crippen MR) is 106 cm³/mol. The third-order valence-corrected chi connectivity index (χ3v) is 4.27. The van der Waals surface area contributed by atoms with E-state index in [9.17, 15) is 9.59 Å². The number of nitrogens with zero attached hydrogens (tertiary/aromatic N) is 2. The molecular weight excluding hydrogens is 340 g/mol. The number of esters is 1. The monoisotopic (exact) mass is 366 g/mol. The molecule has 27 heavy (non-hydrogen) atoms. The molecule has 0 aliphatic rings. The number of amides is 1. The van der Waals surface area contributed by atoms with Crippen molar-refractivity contribution >= 4 is 18.0 Å². The summed E-state index contributed by atoms with van der Waals surface area (Å²) in [6.45, 7) is 5.00. The van der Waals surface area contributed by atoms with Crippen LogP contribution in [0.2, 0.25) is 0 Å². The second-order valence-electron chi connectivity index (χ2n) is 6.60. The summed E-state index contributed by atoms with van der Waals surface area (Å²) >= 11 is 0. The molecule has 0 aliphatic heterocycles. The molecule has 0 saturated carbocycles. The first-order valence-electron chi connectivity index (χ1n) is 9.02. The van der Waals surface area contributed by atoms with Gasteiger partial charge in [0.2, 0.25) is 5.91 Å². The summed E-state index contributed by atoms with van der Waals surface area (Å²) in [5.74, 6) is -0.0155. The van der Waals surface area contributed by atoms with E-state index in [1.165, 1.54) is 12.7 Å². The van der Waals surface area contributed by atoms with E-state index in [1.807, 2.05) is 24.3 Å². The van der Waals surface area contributed by atoms with Crippen molar-refractivity contribution < 1.29 is 14.3 Å². The van der Waals surface area contributed by atoms with Gasteiger partial charge in [0.15, 0.2) is 0 Å². The number of carbonyl (C=O) groups is 2. The zero-order chi connectivity index (χ0) is 19.6. The summed E-state index contributed by atoms with van der Waals surface area (Å²) in [7, 11) is 1.35. The normalized spacial score (nSPS) is 11.0. The van der Waals surface area contributed by atoms with Crippen LogP contribution in [0.5, 0.6) is 0 Å². The van der Waals surface area contributed by atoms with E-state index in [1.54, 1.807) is 29.4 Å². The maximum Gasteiger partial charge on any atom is 0.307 e. The van der Waals surface area contributed by atoms with Gasteiger partial charge in [-0.15, -0.1) is 0 Å². The van der Waals surface area contributed by atoms with Crippen LogP contribution < -0.4 is 0 Å². The molecule has 1 aromatic carbocycles. The number of carbonyl (C=O) groups excluding carboxylic acids is 2. The third-order valence-electron chi connectivity index (χ3n) is 4.27. The highest BCUT2D eigenvalue weighted by atomic mass is 16.5. The van der Waals surface area contributed by atoms with Crippen molar-refractivity contribution in [1.29, 1.82) is 0 Å². The highest BCUT2D eigenvalue weighted by molar-refractivity contribution is 5.92. The molecule has 0 saturated heterocycles. The van der Waals surface area contributed by atoms with Gasteiger partial charge in [0.25, 0.3) is 0 Å². The molecule has 2 aromatic rings. The molecule has 142 valence electrons. The van der Waals surface area contributed by atoms with Crippen molar-refractivity contribution in [2.75, 3.05) is 13.7 Å². The van der Waals surface area contributed by atoms with E-state index in [0.717, 1.165) is 11.1 Å². The molecule has 1 aromatic heterocycles. The Kier molecular flexibility index (Phi) is 7.74. The summed E-state index contributed by atoms with van der Waals surface area (Å²) in [5, 5.41) is 0. The number of hydrogen-bond donors (Lipinski definition) is 0. The summed E-state index contributed by atoms with van der Waals surface area (Å²) in [6.07, 6.45) is 6.87. The fourth-order valence-corrected chi connectivity index (χ4v) is 2.57. The molecule has 1 heterocycles. The Hall–Kier alpha value is -2.95. The zero-order valence-electron chi connectivity index (χ0n) is 16.1. The molecule has 5 nitrogen and oxygen atoms in total. The molecule has 0 bridgehead atoms. The van der Waals surface area contributed by atoms with Gasteiger partial charge in [-0.1, -0.05) is 38.1 Å².